The van der Waals surface area contributed by atoms with Crippen molar-refractivity contribution in [2.24, 2.45) is 0 Å². The molecule has 1 aliphatic rings. The van der Waals surface area contributed by atoms with Gasteiger partial charge >= 0.3 is 0 Å². The largest absolute Gasteiger partial charge is 0.321 e. The maximum Gasteiger partial charge on any atom is 0.268 e. The summed E-state index contributed by atoms with van der Waals surface area (Å²) < 4.78 is 0.881. The Morgan fingerprint density at radius 1 is 1.11 bits per heavy atom. The number of rotatable bonds is 1. The molecule has 5 rings (SSSR count). The maximum atomic E-state index is 13.3. The molecule has 0 saturated heterocycles. The number of hydrogen-bond acceptors (Lipinski definition) is 3. The van der Waals surface area contributed by atoms with E-state index in [4.69, 9.17) is 0 Å². The zero-order valence-electron chi connectivity index (χ0n) is 14.9. The first-order valence-corrected chi connectivity index (χ1v) is 9.89. The standard InChI is InChI=1S/C22H18N2O2S/c1-13-8-9-17-15(11-13)20-16(21(25)23-17)12-19(27-20)22(26)24-10-4-6-14-5-2-3-7-18(14)24/h2-3,5,7-9,11-12H,4,6,10H2,1H3,(H,23,25). The Bertz CT molecular complexity index is 1270. The van der Waals surface area contributed by atoms with E-state index in [0.29, 0.717) is 16.8 Å². The van der Waals surface area contributed by atoms with Crippen LogP contribution in [0.15, 0.2) is 53.3 Å². The second-order valence-corrected chi connectivity index (χ2v) is 8.10. The van der Waals surface area contributed by atoms with Gasteiger partial charge < -0.3 is 9.88 Å². The Hall–Kier alpha value is -2.92. The number of carbonyl (C=O) groups is 1. The molecule has 0 radical (unpaired) electrons. The number of nitrogens with zero attached hydrogens (tertiary/aromatic N) is 1. The SMILES string of the molecule is Cc1ccc2[nH]c(=O)c3cc(C(=O)N4CCCc5ccccc54)sc3c2c1. The number of anilines is 1. The van der Waals surface area contributed by atoms with Gasteiger partial charge in [0, 0.05) is 27.8 Å². The first-order valence-electron chi connectivity index (χ1n) is 9.08. The Morgan fingerprint density at radius 2 is 1.96 bits per heavy atom. The number of fused-ring (bicyclic) bond motifs is 4. The average Bonchev–Trinajstić information content (AvgIpc) is 3.14. The number of H-pyrrole nitrogens is 1. The summed E-state index contributed by atoms with van der Waals surface area (Å²) in [4.78, 5) is 31.2. The number of carbonyl (C=O) groups excluding carboxylic acids is 1. The second-order valence-electron chi connectivity index (χ2n) is 7.05. The van der Waals surface area contributed by atoms with Crippen LogP contribution in [0, 0.1) is 6.92 Å². The van der Waals surface area contributed by atoms with Gasteiger partial charge in [0.2, 0.25) is 0 Å². The highest BCUT2D eigenvalue weighted by Gasteiger charge is 2.25. The summed E-state index contributed by atoms with van der Waals surface area (Å²) in [5, 5.41) is 1.58. The van der Waals surface area contributed by atoms with Gasteiger partial charge in [-0.05, 0) is 49.6 Å². The molecule has 27 heavy (non-hydrogen) atoms. The van der Waals surface area contributed by atoms with E-state index in [0.717, 1.165) is 39.7 Å². The van der Waals surface area contributed by atoms with Crippen molar-refractivity contribution in [1.29, 1.82) is 0 Å². The van der Waals surface area contributed by atoms with Crippen LogP contribution in [0.5, 0.6) is 0 Å². The summed E-state index contributed by atoms with van der Waals surface area (Å²) in [6.07, 6.45) is 1.95. The van der Waals surface area contributed by atoms with Crippen LogP contribution in [0.25, 0.3) is 21.0 Å². The zero-order valence-corrected chi connectivity index (χ0v) is 15.7. The number of thiophene rings is 1. The molecule has 134 valence electrons. The van der Waals surface area contributed by atoms with Gasteiger partial charge in [-0.2, -0.15) is 0 Å². The number of aromatic amines is 1. The van der Waals surface area contributed by atoms with Gasteiger partial charge in [0.15, 0.2) is 0 Å². The zero-order chi connectivity index (χ0) is 18.5. The van der Waals surface area contributed by atoms with Gasteiger partial charge in [0.25, 0.3) is 11.5 Å². The smallest absolute Gasteiger partial charge is 0.268 e. The lowest BCUT2D eigenvalue weighted by Gasteiger charge is -2.29. The summed E-state index contributed by atoms with van der Waals surface area (Å²) in [6, 6.07) is 15.8. The maximum absolute atomic E-state index is 13.3. The highest BCUT2D eigenvalue weighted by molar-refractivity contribution is 7.21. The number of hydrogen-bond donors (Lipinski definition) is 1. The quantitative estimate of drug-likeness (QED) is 0.527. The molecular weight excluding hydrogens is 356 g/mol. The molecule has 0 saturated carbocycles. The first kappa shape index (κ1) is 16.3. The van der Waals surface area contributed by atoms with Crippen LogP contribution in [0.3, 0.4) is 0 Å². The van der Waals surface area contributed by atoms with E-state index in [1.807, 2.05) is 42.2 Å². The first-order chi connectivity index (χ1) is 13.1. The van der Waals surface area contributed by atoms with Crippen LogP contribution < -0.4 is 10.5 Å². The molecule has 2 aromatic carbocycles. The molecule has 3 heterocycles. The van der Waals surface area contributed by atoms with Crippen LogP contribution in [-0.4, -0.2) is 17.4 Å². The van der Waals surface area contributed by atoms with Crippen molar-refractivity contribution >= 4 is 43.9 Å². The molecule has 0 atom stereocenters. The van der Waals surface area contributed by atoms with Crippen LogP contribution in [0.2, 0.25) is 0 Å². The molecule has 4 nitrogen and oxygen atoms in total. The third-order valence-corrected chi connectivity index (χ3v) is 6.37. The summed E-state index contributed by atoms with van der Waals surface area (Å²) in [5.41, 5.74) is 3.98. The highest BCUT2D eigenvalue weighted by Crippen LogP contribution is 2.33. The molecule has 5 heteroatoms. The minimum Gasteiger partial charge on any atom is -0.321 e. The van der Waals surface area contributed by atoms with E-state index in [2.05, 4.69) is 17.1 Å². The van der Waals surface area contributed by atoms with Gasteiger partial charge in [0.05, 0.1) is 10.3 Å². The minimum absolute atomic E-state index is 0.0245. The van der Waals surface area contributed by atoms with Crippen LogP contribution in [0.4, 0.5) is 5.69 Å². The van der Waals surface area contributed by atoms with Crippen LogP contribution in [-0.2, 0) is 6.42 Å². The van der Waals surface area contributed by atoms with Gasteiger partial charge in [-0.1, -0.05) is 29.8 Å². The fourth-order valence-corrected chi connectivity index (χ4v) is 5.02. The summed E-state index contributed by atoms with van der Waals surface area (Å²) in [7, 11) is 0. The molecule has 0 aliphatic carbocycles. The fourth-order valence-electron chi connectivity index (χ4n) is 3.89. The molecule has 4 aromatic rings. The molecular formula is C22H18N2O2S. The van der Waals surface area contributed by atoms with Crippen molar-refractivity contribution in [1.82, 2.24) is 4.98 Å². The van der Waals surface area contributed by atoms with Crippen LogP contribution >= 0.6 is 11.3 Å². The minimum atomic E-state index is -0.143. The molecule has 0 fully saturated rings. The molecule has 1 N–H and O–H groups in total. The number of pyridine rings is 1. The second kappa shape index (κ2) is 6.06. The van der Waals surface area contributed by atoms with Crippen molar-refractivity contribution in [2.75, 3.05) is 11.4 Å². The molecule has 1 aliphatic heterocycles. The van der Waals surface area contributed by atoms with E-state index in [-0.39, 0.29) is 11.5 Å². The number of amides is 1. The van der Waals surface area contributed by atoms with E-state index in [1.165, 1.54) is 16.9 Å². The number of para-hydroxylation sites is 1. The number of nitrogens with one attached hydrogen (secondary N) is 1. The lowest BCUT2D eigenvalue weighted by atomic mass is 10.0. The third-order valence-electron chi connectivity index (χ3n) is 5.21. The predicted molar refractivity (Wildman–Crippen MR) is 111 cm³/mol. The van der Waals surface area contributed by atoms with Crippen molar-refractivity contribution in [3.05, 3.63) is 74.9 Å². The van der Waals surface area contributed by atoms with Crippen LogP contribution in [0.1, 0.15) is 27.2 Å². The molecule has 2 aromatic heterocycles. The van der Waals surface area contributed by atoms with E-state index in [1.54, 1.807) is 6.07 Å². The molecule has 1 amide bonds. The summed E-state index contributed by atoms with van der Waals surface area (Å²) >= 11 is 1.41. The lowest BCUT2D eigenvalue weighted by molar-refractivity contribution is 0.0989. The summed E-state index contributed by atoms with van der Waals surface area (Å²) in [5.74, 6) is -0.0245. The van der Waals surface area contributed by atoms with E-state index >= 15 is 0 Å². The normalized spacial score (nSPS) is 13.9. The van der Waals surface area contributed by atoms with Crippen molar-refractivity contribution in [3.8, 4) is 0 Å². The van der Waals surface area contributed by atoms with Crippen molar-refractivity contribution < 1.29 is 4.79 Å². The monoisotopic (exact) mass is 374 g/mol. The highest BCUT2D eigenvalue weighted by atomic mass is 32.1. The van der Waals surface area contributed by atoms with Gasteiger partial charge in [-0.25, -0.2) is 0 Å². The third kappa shape index (κ3) is 2.58. The Morgan fingerprint density at radius 3 is 2.85 bits per heavy atom. The molecule has 0 spiro atoms. The molecule has 0 unspecified atom stereocenters. The topological polar surface area (TPSA) is 53.2 Å². The van der Waals surface area contributed by atoms with Crippen molar-refractivity contribution in [3.63, 3.8) is 0 Å². The van der Waals surface area contributed by atoms with Gasteiger partial charge in [0.1, 0.15) is 0 Å². The Labute approximate surface area is 160 Å². The predicted octanol–water partition coefficient (Wildman–Crippen LogP) is 4.64. The Kier molecular flexibility index (Phi) is 3.65. The van der Waals surface area contributed by atoms with Crippen molar-refractivity contribution in [2.45, 2.75) is 19.8 Å². The number of aromatic nitrogens is 1. The average molecular weight is 374 g/mol. The van der Waals surface area contributed by atoms with Gasteiger partial charge in [-0.3, -0.25) is 9.59 Å². The number of aryl methyl sites for hydroxylation is 2. The number of benzene rings is 2. The Balaban J connectivity index is 1.67. The van der Waals surface area contributed by atoms with Gasteiger partial charge in [-0.15, -0.1) is 11.3 Å². The fraction of sp³-hybridized carbons (Fsp3) is 0.182. The molecule has 0 bridgehead atoms. The van der Waals surface area contributed by atoms with E-state index in [9.17, 15) is 9.59 Å². The lowest BCUT2D eigenvalue weighted by Crippen LogP contribution is -2.34. The summed E-state index contributed by atoms with van der Waals surface area (Å²) in [6.45, 7) is 2.74. The van der Waals surface area contributed by atoms with E-state index < -0.39 is 0 Å².